The molecule has 0 radical (unpaired) electrons. The van der Waals surface area contributed by atoms with Crippen molar-refractivity contribution < 1.29 is 0 Å². The highest BCUT2D eigenvalue weighted by Crippen LogP contribution is 2.42. The van der Waals surface area contributed by atoms with Gasteiger partial charge in [-0.05, 0) is 56.9 Å². The molecule has 0 amide bonds. The van der Waals surface area contributed by atoms with E-state index in [2.05, 4.69) is 156 Å². The summed E-state index contributed by atoms with van der Waals surface area (Å²) in [6.07, 6.45) is 13.5. The van der Waals surface area contributed by atoms with Gasteiger partial charge in [-0.1, -0.05) is 127 Å². The summed E-state index contributed by atoms with van der Waals surface area (Å²) in [5.41, 5.74) is 7.83. The molecule has 2 aliphatic rings. The normalized spacial score (nSPS) is 17.1. The second kappa shape index (κ2) is 9.35. The Kier molecular flexibility index (Phi) is 5.11. The second-order valence-corrected chi connectivity index (χ2v) is 12.2. The quantitative estimate of drug-likeness (QED) is 0.206. The highest BCUT2D eigenvalue weighted by molar-refractivity contribution is 6.28. The molecule has 210 valence electrons. The van der Waals surface area contributed by atoms with Gasteiger partial charge in [-0.3, -0.25) is 4.57 Å². The molecule has 0 aliphatic heterocycles. The summed E-state index contributed by atoms with van der Waals surface area (Å²) in [5.74, 6) is 1.48. The van der Waals surface area contributed by atoms with Crippen LogP contribution in [0.2, 0.25) is 0 Å². The fraction of sp³-hybridized carbons (Fsp3) is 0.0476. The molecule has 0 bridgehead atoms. The van der Waals surface area contributed by atoms with Gasteiger partial charge < -0.3 is 0 Å². The Hall–Kier alpha value is -5.80. The number of aromatic nitrogens is 3. The molecular formula is C42H27N3. The van der Waals surface area contributed by atoms with Crippen LogP contribution in [0.1, 0.15) is 17.0 Å². The van der Waals surface area contributed by atoms with Gasteiger partial charge in [0.05, 0.1) is 22.2 Å². The number of benzene rings is 6. The molecule has 2 aliphatic carbocycles. The van der Waals surface area contributed by atoms with Gasteiger partial charge in [0.2, 0.25) is 5.95 Å². The third-order valence-electron chi connectivity index (χ3n) is 9.73. The maximum atomic E-state index is 5.41. The van der Waals surface area contributed by atoms with E-state index < -0.39 is 0 Å². The van der Waals surface area contributed by atoms with Gasteiger partial charge >= 0.3 is 0 Å². The molecule has 10 rings (SSSR count). The van der Waals surface area contributed by atoms with Crippen LogP contribution >= 0.6 is 0 Å². The third kappa shape index (κ3) is 3.58. The number of nitrogens with zero attached hydrogens (tertiary/aromatic N) is 3. The Morgan fingerprint density at radius 3 is 1.98 bits per heavy atom. The monoisotopic (exact) mass is 573 g/mol. The van der Waals surface area contributed by atoms with Gasteiger partial charge in [-0.25, -0.2) is 9.97 Å². The van der Waals surface area contributed by atoms with Crippen molar-refractivity contribution in [3.05, 3.63) is 157 Å². The molecule has 0 saturated carbocycles. The van der Waals surface area contributed by atoms with Crippen molar-refractivity contribution in [2.75, 3.05) is 0 Å². The first-order valence-corrected chi connectivity index (χ1v) is 15.6. The van der Waals surface area contributed by atoms with Crippen molar-refractivity contribution in [1.82, 2.24) is 14.5 Å². The predicted molar refractivity (Wildman–Crippen MR) is 188 cm³/mol. The molecule has 6 aromatic carbocycles. The van der Waals surface area contributed by atoms with Gasteiger partial charge in [0, 0.05) is 33.6 Å². The van der Waals surface area contributed by atoms with Crippen molar-refractivity contribution in [3.8, 4) is 17.2 Å². The summed E-state index contributed by atoms with van der Waals surface area (Å²) in [6, 6.07) is 41.5. The predicted octanol–water partition coefficient (Wildman–Crippen LogP) is 10.6. The highest BCUT2D eigenvalue weighted by atomic mass is 15.2. The van der Waals surface area contributed by atoms with Crippen molar-refractivity contribution in [2.24, 2.45) is 5.92 Å². The molecule has 0 fully saturated rings. The summed E-state index contributed by atoms with van der Waals surface area (Å²) < 4.78 is 2.27. The average Bonchev–Trinajstić information content (AvgIpc) is 3.46. The van der Waals surface area contributed by atoms with E-state index in [9.17, 15) is 0 Å². The van der Waals surface area contributed by atoms with Crippen LogP contribution in [0.3, 0.4) is 0 Å². The van der Waals surface area contributed by atoms with Crippen LogP contribution in [0.4, 0.5) is 0 Å². The smallest absolute Gasteiger partial charge is 0.235 e. The van der Waals surface area contributed by atoms with E-state index in [-0.39, 0.29) is 0 Å². The van der Waals surface area contributed by atoms with Crippen LogP contribution in [0.5, 0.6) is 0 Å². The van der Waals surface area contributed by atoms with Crippen LogP contribution < -0.4 is 0 Å². The fourth-order valence-electron chi connectivity index (χ4n) is 7.65. The molecule has 2 unspecified atom stereocenters. The molecule has 8 aromatic rings. The summed E-state index contributed by atoms with van der Waals surface area (Å²) in [4.78, 5) is 10.6. The molecule has 2 aromatic heterocycles. The van der Waals surface area contributed by atoms with Crippen LogP contribution in [0.25, 0.3) is 77.5 Å². The lowest BCUT2D eigenvalue weighted by atomic mass is 9.77. The Balaban J connectivity index is 1.28. The van der Waals surface area contributed by atoms with E-state index in [1.54, 1.807) is 0 Å². The molecule has 2 heterocycles. The Labute approximate surface area is 260 Å². The first kappa shape index (κ1) is 24.6. The number of hydrogen-bond acceptors (Lipinski definition) is 2. The molecule has 0 spiro atoms. The number of rotatable bonds is 2. The SMILES string of the molecule is C1=CC2C=Cc3cc(-c4nc(-n5c6ccc7ccccc7c6c6c7ccccc7ccc65)nc5ccccc45)ccc3C2C=C1. The first-order chi connectivity index (χ1) is 22.3. The number of para-hydroxylation sites is 1. The van der Waals surface area contributed by atoms with Crippen LogP contribution in [-0.2, 0) is 0 Å². The fourth-order valence-corrected chi connectivity index (χ4v) is 7.65. The largest absolute Gasteiger partial charge is 0.278 e. The average molecular weight is 574 g/mol. The minimum Gasteiger partial charge on any atom is -0.278 e. The zero-order valence-electron chi connectivity index (χ0n) is 24.4. The van der Waals surface area contributed by atoms with E-state index in [4.69, 9.17) is 9.97 Å². The summed E-state index contributed by atoms with van der Waals surface area (Å²) in [5, 5.41) is 8.46. The van der Waals surface area contributed by atoms with E-state index in [0.717, 1.165) is 33.2 Å². The number of allylic oxidation sites excluding steroid dienone is 5. The molecular weight excluding hydrogens is 546 g/mol. The summed E-state index contributed by atoms with van der Waals surface area (Å²) in [6.45, 7) is 0. The lowest BCUT2D eigenvalue weighted by Crippen LogP contribution is -2.13. The van der Waals surface area contributed by atoms with Crippen molar-refractivity contribution >= 4 is 60.3 Å². The molecule has 0 saturated heterocycles. The topological polar surface area (TPSA) is 30.7 Å². The van der Waals surface area contributed by atoms with Crippen molar-refractivity contribution in [3.63, 3.8) is 0 Å². The van der Waals surface area contributed by atoms with E-state index >= 15 is 0 Å². The minimum atomic E-state index is 0.379. The third-order valence-corrected chi connectivity index (χ3v) is 9.73. The Morgan fingerprint density at radius 1 is 0.556 bits per heavy atom. The van der Waals surface area contributed by atoms with Gasteiger partial charge in [-0.2, -0.15) is 0 Å². The van der Waals surface area contributed by atoms with Gasteiger partial charge in [0.1, 0.15) is 0 Å². The molecule has 45 heavy (non-hydrogen) atoms. The Morgan fingerprint density at radius 2 is 1.22 bits per heavy atom. The maximum absolute atomic E-state index is 5.41. The lowest BCUT2D eigenvalue weighted by molar-refractivity contribution is 0.692. The minimum absolute atomic E-state index is 0.379. The zero-order valence-corrected chi connectivity index (χ0v) is 24.4. The number of fused-ring (bicyclic) bond motifs is 11. The van der Waals surface area contributed by atoms with Crippen LogP contribution in [-0.4, -0.2) is 14.5 Å². The van der Waals surface area contributed by atoms with Gasteiger partial charge in [-0.15, -0.1) is 0 Å². The molecule has 0 N–H and O–H groups in total. The highest BCUT2D eigenvalue weighted by Gasteiger charge is 2.25. The van der Waals surface area contributed by atoms with E-state index in [1.165, 1.54) is 43.4 Å². The van der Waals surface area contributed by atoms with Crippen molar-refractivity contribution in [1.29, 1.82) is 0 Å². The van der Waals surface area contributed by atoms with E-state index in [1.807, 2.05) is 0 Å². The Bertz CT molecular complexity index is 2520. The van der Waals surface area contributed by atoms with Crippen LogP contribution in [0, 0.1) is 5.92 Å². The lowest BCUT2D eigenvalue weighted by Gasteiger charge is -2.27. The second-order valence-electron chi connectivity index (χ2n) is 12.2. The number of hydrogen-bond donors (Lipinski definition) is 0. The molecule has 3 heteroatoms. The van der Waals surface area contributed by atoms with Gasteiger partial charge in [0.15, 0.2) is 0 Å². The zero-order chi connectivity index (χ0) is 29.5. The van der Waals surface area contributed by atoms with E-state index in [0.29, 0.717) is 17.8 Å². The molecule has 3 nitrogen and oxygen atoms in total. The molecule has 2 atom stereocenters. The standard InChI is InChI=1S/C42H27N3/c1-4-12-31-26(9-1)17-18-29-25-30(19-22-32(29)31)41-35-15-7-8-16-36(35)43-42(44-41)45-37-23-20-27-10-2-5-13-33(27)39(37)40-34-14-6-3-11-28(34)21-24-38(40)45/h1-26,31H. The van der Waals surface area contributed by atoms with Crippen LogP contribution in [0.15, 0.2) is 146 Å². The van der Waals surface area contributed by atoms with Crippen molar-refractivity contribution in [2.45, 2.75) is 5.92 Å². The first-order valence-electron chi connectivity index (χ1n) is 15.6. The van der Waals surface area contributed by atoms with Gasteiger partial charge in [0.25, 0.3) is 0 Å². The summed E-state index contributed by atoms with van der Waals surface area (Å²) in [7, 11) is 0. The maximum Gasteiger partial charge on any atom is 0.235 e. The summed E-state index contributed by atoms with van der Waals surface area (Å²) >= 11 is 0.